The van der Waals surface area contributed by atoms with Gasteiger partial charge in [-0.25, -0.2) is 0 Å². The lowest BCUT2D eigenvalue weighted by molar-refractivity contribution is -0.0987. The summed E-state index contributed by atoms with van der Waals surface area (Å²) in [5.41, 5.74) is 0. The molecule has 0 atom stereocenters. The summed E-state index contributed by atoms with van der Waals surface area (Å²) in [5.74, 6) is 0. The summed E-state index contributed by atoms with van der Waals surface area (Å²) in [6, 6.07) is 0. The third-order valence-electron chi connectivity index (χ3n) is 1.76. The highest BCUT2D eigenvalue weighted by Gasteiger charge is 2.26. The topological polar surface area (TPSA) is 9.23 Å². The van der Waals surface area contributed by atoms with Gasteiger partial charge in [-0.1, -0.05) is 19.8 Å². The third-order valence-corrected chi connectivity index (χ3v) is 1.76. The van der Waals surface area contributed by atoms with Gasteiger partial charge >= 0.3 is 6.18 Å². The van der Waals surface area contributed by atoms with Gasteiger partial charge < -0.3 is 4.74 Å². The summed E-state index contributed by atoms with van der Waals surface area (Å²) < 4.78 is 40.1. The zero-order valence-corrected chi connectivity index (χ0v) is 8.57. The number of hydrogen-bond donors (Lipinski definition) is 0. The van der Waals surface area contributed by atoms with E-state index in [1.807, 2.05) is 0 Å². The van der Waals surface area contributed by atoms with Crippen LogP contribution in [-0.2, 0) is 4.74 Å². The van der Waals surface area contributed by atoms with Gasteiger partial charge in [0.25, 0.3) is 0 Å². The molecule has 0 heterocycles. The fraction of sp³-hybridized carbons (Fsp3) is 0.900. The van der Waals surface area contributed by atoms with Gasteiger partial charge in [0, 0.05) is 13.2 Å². The average molecular weight is 211 g/mol. The standard InChI is InChI=1S/C10H18F3O/c1-2-3-5-8-14-9-6-4-7-10(11,12)13/h7H,2-6,8-9H2,1H3. The van der Waals surface area contributed by atoms with Crippen molar-refractivity contribution in [3.63, 3.8) is 0 Å². The van der Waals surface area contributed by atoms with Gasteiger partial charge in [-0.3, -0.25) is 0 Å². The van der Waals surface area contributed by atoms with E-state index in [1.54, 1.807) is 0 Å². The van der Waals surface area contributed by atoms with Crippen molar-refractivity contribution in [3.8, 4) is 0 Å². The molecule has 0 aliphatic heterocycles. The Kier molecular flexibility index (Phi) is 7.95. The zero-order valence-electron chi connectivity index (χ0n) is 8.57. The van der Waals surface area contributed by atoms with Crippen LogP contribution < -0.4 is 0 Å². The highest BCUT2D eigenvalue weighted by atomic mass is 19.4. The van der Waals surface area contributed by atoms with Crippen LogP contribution in [0.25, 0.3) is 0 Å². The molecule has 0 aliphatic rings. The molecule has 0 amide bonds. The molecule has 4 heteroatoms. The van der Waals surface area contributed by atoms with E-state index in [4.69, 9.17) is 4.74 Å². The predicted octanol–water partition coefficient (Wildman–Crippen LogP) is 3.74. The molecule has 0 saturated heterocycles. The molecule has 0 fully saturated rings. The predicted molar refractivity (Wildman–Crippen MR) is 49.9 cm³/mol. The molecular formula is C10H18F3O. The molecule has 0 N–H and O–H groups in total. The zero-order chi connectivity index (χ0) is 10.9. The fourth-order valence-electron chi connectivity index (χ4n) is 1.01. The van der Waals surface area contributed by atoms with Crippen LogP contribution in [0.1, 0.15) is 39.0 Å². The van der Waals surface area contributed by atoms with Gasteiger partial charge in [0.1, 0.15) is 0 Å². The van der Waals surface area contributed by atoms with Crippen LogP contribution in [0.15, 0.2) is 0 Å². The molecule has 0 aromatic carbocycles. The highest BCUT2D eigenvalue weighted by Crippen LogP contribution is 2.20. The smallest absolute Gasteiger partial charge is 0.381 e. The van der Waals surface area contributed by atoms with Crippen molar-refractivity contribution < 1.29 is 17.9 Å². The number of alkyl halides is 3. The van der Waals surface area contributed by atoms with E-state index in [1.165, 1.54) is 0 Å². The van der Waals surface area contributed by atoms with Crippen molar-refractivity contribution in [1.29, 1.82) is 0 Å². The van der Waals surface area contributed by atoms with Crippen molar-refractivity contribution in [3.05, 3.63) is 6.42 Å². The molecule has 0 unspecified atom stereocenters. The molecule has 1 radical (unpaired) electrons. The summed E-state index contributed by atoms with van der Waals surface area (Å²) in [6.45, 7) is 3.19. The van der Waals surface area contributed by atoms with Gasteiger partial charge in [-0.15, -0.1) is 0 Å². The lowest BCUT2D eigenvalue weighted by atomic mass is 10.2. The molecule has 0 saturated carbocycles. The first-order chi connectivity index (χ1) is 6.56. The second-order valence-electron chi connectivity index (χ2n) is 3.21. The first kappa shape index (κ1) is 13.8. The maximum Gasteiger partial charge on any atom is 0.392 e. The Balaban J connectivity index is 2.99. The van der Waals surface area contributed by atoms with E-state index in [9.17, 15) is 13.2 Å². The maximum atomic E-state index is 11.6. The largest absolute Gasteiger partial charge is 0.392 e. The van der Waals surface area contributed by atoms with E-state index in [0.29, 0.717) is 26.1 Å². The Morgan fingerprint density at radius 3 is 2.29 bits per heavy atom. The van der Waals surface area contributed by atoms with Gasteiger partial charge in [-0.2, -0.15) is 13.2 Å². The highest BCUT2D eigenvalue weighted by molar-refractivity contribution is 4.73. The van der Waals surface area contributed by atoms with Crippen molar-refractivity contribution in [2.75, 3.05) is 13.2 Å². The van der Waals surface area contributed by atoms with Crippen LogP contribution in [0, 0.1) is 6.42 Å². The Morgan fingerprint density at radius 1 is 1.07 bits per heavy atom. The van der Waals surface area contributed by atoms with Crippen LogP contribution in [0.2, 0.25) is 0 Å². The summed E-state index contributed by atoms with van der Waals surface area (Å²) in [4.78, 5) is 0. The first-order valence-electron chi connectivity index (χ1n) is 5.05. The maximum absolute atomic E-state index is 11.6. The SMILES string of the molecule is CCCCCOCCC[CH]C(F)(F)F. The molecule has 0 aliphatic carbocycles. The van der Waals surface area contributed by atoms with Crippen molar-refractivity contribution >= 4 is 0 Å². The van der Waals surface area contributed by atoms with Gasteiger partial charge in [-0.05, 0) is 19.3 Å². The molecule has 14 heavy (non-hydrogen) atoms. The summed E-state index contributed by atoms with van der Waals surface area (Å²) in [5, 5.41) is 0. The Hall–Kier alpha value is -0.250. The Labute approximate surface area is 83.6 Å². The van der Waals surface area contributed by atoms with Crippen LogP contribution >= 0.6 is 0 Å². The monoisotopic (exact) mass is 211 g/mol. The quantitative estimate of drug-likeness (QED) is 0.556. The van der Waals surface area contributed by atoms with E-state index in [0.717, 1.165) is 19.3 Å². The summed E-state index contributed by atoms with van der Waals surface area (Å²) in [6.07, 6.45) is -0.00704. The van der Waals surface area contributed by atoms with E-state index in [-0.39, 0.29) is 6.42 Å². The van der Waals surface area contributed by atoms with Crippen molar-refractivity contribution in [1.82, 2.24) is 0 Å². The van der Waals surface area contributed by atoms with Gasteiger partial charge in [0.2, 0.25) is 0 Å². The Bertz CT molecular complexity index is 123. The van der Waals surface area contributed by atoms with Gasteiger partial charge in [0.15, 0.2) is 0 Å². The fourth-order valence-corrected chi connectivity index (χ4v) is 1.01. The second-order valence-corrected chi connectivity index (χ2v) is 3.21. The minimum absolute atomic E-state index is 0.0529. The third kappa shape index (κ3) is 11.8. The van der Waals surface area contributed by atoms with Crippen LogP contribution in [-0.4, -0.2) is 19.4 Å². The minimum atomic E-state index is -4.14. The lowest BCUT2D eigenvalue weighted by Gasteiger charge is -2.05. The van der Waals surface area contributed by atoms with Gasteiger partial charge in [0.05, 0.1) is 6.42 Å². The molecule has 0 spiro atoms. The average Bonchev–Trinajstić information content (AvgIpc) is 2.08. The number of rotatable bonds is 8. The van der Waals surface area contributed by atoms with E-state index >= 15 is 0 Å². The molecule has 0 bridgehead atoms. The summed E-state index contributed by atoms with van der Waals surface area (Å²) >= 11 is 0. The number of halogens is 3. The number of ether oxygens (including phenoxy) is 1. The molecule has 1 nitrogen and oxygen atoms in total. The summed E-state index contributed by atoms with van der Waals surface area (Å²) in [7, 11) is 0. The molecular weight excluding hydrogens is 193 g/mol. The Morgan fingerprint density at radius 2 is 1.71 bits per heavy atom. The first-order valence-corrected chi connectivity index (χ1v) is 5.05. The number of unbranched alkanes of at least 4 members (excludes halogenated alkanes) is 3. The molecule has 0 rings (SSSR count). The van der Waals surface area contributed by atoms with Crippen LogP contribution in [0.5, 0.6) is 0 Å². The van der Waals surface area contributed by atoms with Crippen molar-refractivity contribution in [2.45, 2.75) is 45.2 Å². The van der Waals surface area contributed by atoms with E-state index < -0.39 is 6.18 Å². The number of hydrogen-bond acceptors (Lipinski definition) is 1. The van der Waals surface area contributed by atoms with Crippen LogP contribution in [0.3, 0.4) is 0 Å². The second kappa shape index (κ2) is 8.09. The lowest BCUT2D eigenvalue weighted by Crippen LogP contribution is -2.08. The van der Waals surface area contributed by atoms with Crippen LogP contribution in [0.4, 0.5) is 13.2 Å². The van der Waals surface area contributed by atoms with Crippen molar-refractivity contribution in [2.24, 2.45) is 0 Å². The molecule has 0 aromatic rings. The van der Waals surface area contributed by atoms with E-state index in [2.05, 4.69) is 6.92 Å². The normalized spacial score (nSPS) is 12.0. The molecule has 0 aromatic heterocycles. The minimum Gasteiger partial charge on any atom is -0.381 e. The molecule has 85 valence electrons.